The van der Waals surface area contributed by atoms with E-state index in [1.807, 2.05) is 31.2 Å². The Kier molecular flexibility index (Phi) is 3.55. The Labute approximate surface area is 130 Å². The number of methoxy groups -OCH3 is 2. The second kappa shape index (κ2) is 5.37. The van der Waals surface area contributed by atoms with E-state index in [2.05, 4.69) is 30.9 Å². The van der Waals surface area contributed by atoms with Crippen molar-refractivity contribution in [2.24, 2.45) is 0 Å². The number of aryl methyl sites for hydroxylation is 1. The highest BCUT2D eigenvalue weighted by Crippen LogP contribution is 2.37. The SMILES string of the molecule is COc1cccc(-c2nc3nc(C)c(Br)cc3[nH]2)c1OC. The van der Waals surface area contributed by atoms with E-state index in [1.54, 1.807) is 14.2 Å². The quantitative estimate of drug-likeness (QED) is 0.784. The number of fused-ring (bicyclic) bond motifs is 1. The molecule has 3 aromatic rings. The van der Waals surface area contributed by atoms with Gasteiger partial charge in [-0.2, -0.15) is 0 Å². The van der Waals surface area contributed by atoms with Crippen molar-refractivity contribution in [2.75, 3.05) is 14.2 Å². The fourth-order valence-corrected chi connectivity index (χ4v) is 2.53. The Balaban J connectivity index is 2.21. The first kappa shape index (κ1) is 13.9. The van der Waals surface area contributed by atoms with Gasteiger partial charge in [0.1, 0.15) is 5.82 Å². The number of aromatic amines is 1. The van der Waals surface area contributed by atoms with E-state index in [0.717, 1.165) is 21.2 Å². The Morgan fingerprint density at radius 3 is 2.67 bits per heavy atom. The number of aromatic nitrogens is 3. The lowest BCUT2D eigenvalue weighted by atomic mass is 10.1. The number of imidazole rings is 1. The predicted molar refractivity (Wildman–Crippen MR) is 84.9 cm³/mol. The van der Waals surface area contributed by atoms with Crippen LogP contribution in [0.15, 0.2) is 28.7 Å². The first-order chi connectivity index (χ1) is 10.1. The van der Waals surface area contributed by atoms with E-state index < -0.39 is 0 Å². The number of benzene rings is 1. The van der Waals surface area contributed by atoms with Gasteiger partial charge < -0.3 is 14.5 Å². The minimum Gasteiger partial charge on any atom is -0.493 e. The fraction of sp³-hybridized carbons (Fsp3) is 0.200. The highest BCUT2D eigenvalue weighted by atomic mass is 79.9. The Hall–Kier alpha value is -2.08. The van der Waals surface area contributed by atoms with Gasteiger partial charge in [0.05, 0.1) is 31.0 Å². The number of hydrogen-bond donors (Lipinski definition) is 1. The maximum Gasteiger partial charge on any atom is 0.178 e. The standard InChI is InChI=1S/C15H14BrN3O2/c1-8-10(16)7-11-15(17-8)19-14(18-11)9-5-4-6-12(20-2)13(9)21-3/h4-7H,1-3H3,(H,17,18,19). The Morgan fingerprint density at radius 2 is 1.95 bits per heavy atom. The van der Waals surface area contributed by atoms with E-state index in [1.165, 1.54) is 0 Å². The van der Waals surface area contributed by atoms with Crippen LogP contribution in [-0.4, -0.2) is 29.2 Å². The van der Waals surface area contributed by atoms with Gasteiger partial charge in [-0.25, -0.2) is 9.97 Å². The molecule has 0 bridgehead atoms. The molecule has 0 fully saturated rings. The van der Waals surface area contributed by atoms with Crippen LogP contribution in [-0.2, 0) is 0 Å². The number of rotatable bonds is 3. The van der Waals surface area contributed by atoms with Crippen molar-refractivity contribution in [3.8, 4) is 22.9 Å². The van der Waals surface area contributed by atoms with Crippen LogP contribution in [0.25, 0.3) is 22.6 Å². The summed E-state index contributed by atoms with van der Waals surface area (Å²) < 4.78 is 11.7. The van der Waals surface area contributed by atoms with Gasteiger partial charge in [-0.15, -0.1) is 0 Å². The summed E-state index contributed by atoms with van der Waals surface area (Å²) in [6, 6.07) is 7.66. The third-order valence-corrected chi connectivity index (χ3v) is 4.06. The summed E-state index contributed by atoms with van der Waals surface area (Å²) in [4.78, 5) is 12.3. The molecule has 3 rings (SSSR count). The van der Waals surface area contributed by atoms with E-state index >= 15 is 0 Å². The lowest BCUT2D eigenvalue weighted by Gasteiger charge is -2.10. The second-order valence-corrected chi connectivity index (χ2v) is 5.41. The average molecular weight is 348 g/mol. The fourth-order valence-electron chi connectivity index (χ4n) is 2.21. The summed E-state index contributed by atoms with van der Waals surface area (Å²) in [6.07, 6.45) is 0. The summed E-state index contributed by atoms with van der Waals surface area (Å²) in [7, 11) is 3.23. The van der Waals surface area contributed by atoms with Crippen LogP contribution in [0.5, 0.6) is 11.5 Å². The molecule has 5 nitrogen and oxygen atoms in total. The highest BCUT2D eigenvalue weighted by Gasteiger charge is 2.15. The van der Waals surface area contributed by atoms with Gasteiger partial charge in [-0.05, 0) is 41.1 Å². The lowest BCUT2D eigenvalue weighted by molar-refractivity contribution is 0.356. The molecule has 0 saturated carbocycles. The molecule has 6 heteroatoms. The number of halogens is 1. The number of nitrogens with one attached hydrogen (secondary N) is 1. The maximum absolute atomic E-state index is 5.45. The molecular formula is C15H14BrN3O2. The minimum absolute atomic E-state index is 0.648. The van der Waals surface area contributed by atoms with Crippen molar-refractivity contribution in [1.82, 2.24) is 15.0 Å². The molecule has 0 saturated heterocycles. The van der Waals surface area contributed by atoms with Gasteiger partial charge in [0.25, 0.3) is 0 Å². The molecule has 0 atom stereocenters. The van der Waals surface area contributed by atoms with Crippen molar-refractivity contribution < 1.29 is 9.47 Å². The van der Waals surface area contributed by atoms with Gasteiger partial charge in [-0.1, -0.05) is 6.07 Å². The predicted octanol–water partition coefficient (Wildman–Crippen LogP) is 3.71. The third-order valence-electron chi connectivity index (χ3n) is 3.26. The van der Waals surface area contributed by atoms with Crippen LogP contribution in [0.1, 0.15) is 5.69 Å². The number of nitrogens with zero attached hydrogens (tertiary/aromatic N) is 2. The number of ether oxygens (including phenoxy) is 2. The zero-order chi connectivity index (χ0) is 15.0. The molecule has 0 unspecified atom stereocenters. The zero-order valence-electron chi connectivity index (χ0n) is 11.9. The van der Waals surface area contributed by atoms with Crippen LogP contribution in [0.2, 0.25) is 0 Å². The van der Waals surface area contributed by atoms with Crippen molar-refractivity contribution >= 4 is 27.1 Å². The van der Waals surface area contributed by atoms with Gasteiger partial charge >= 0.3 is 0 Å². The molecule has 0 amide bonds. The summed E-state index contributed by atoms with van der Waals surface area (Å²) >= 11 is 3.48. The van der Waals surface area contributed by atoms with Gasteiger partial charge in [0, 0.05) is 4.47 Å². The molecule has 0 aliphatic carbocycles. The zero-order valence-corrected chi connectivity index (χ0v) is 13.5. The van der Waals surface area contributed by atoms with E-state index in [-0.39, 0.29) is 0 Å². The van der Waals surface area contributed by atoms with Crippen LogP contribution in [0.3, 0.4) is 0 Å². The third kappa shape index (κ3) is 2.35. The van der Waals surface area contributed by atoms with Gasteiger partial charge in [0.2, 0.25) is 0 Å². The number of pyridine rings is 1. The lowest BCUT2D eigenvalue weighted by Crippen LogP contribution is -1.93. The molecule has 1 aromatic carbocycles. The monoisotopic (exact) mass is 347 g/mol. The first-order valence-corrected chi connectivity index (χ1v) is 7.17. The molecule has 2 aromatic heterocycles. The molecule has 2 heterocycles. The minimum atomic E-state index is 0.648. The Bertz CT molecular complexity index is 775. The highest BCUT2D eigenvalue weighted by molar-refractivity contribution is 9.10. The molecule has 21 heavy (non-hydrogen) atoms. The molecule has 108 valence electrons. The number of hydrogen-bond acceptors (Lipinski definition) is 4. The van der Waals surface area contributed by atoms with Gasteiger partial charge in [0.15, 0.2) is 17.1 Å². The largest absolute Gasteiger partial charge is 0.493 e. The van der Waals surface area contributed by atoms with E-state index in [0.29, 0.717) is 23.0 Å². The summed E-state index contributed by atoms with van der Waals surface area (Å²) in [5.41, 5.74) is 3.28. The van der Waals surface area contributed by atoms with Crippen molar-refractivity contribution in [2.45, 2.75) is 6.92 Å². The van der Waals surface area contributed by atoms with E-state index in [9.17, 15) is 0 Å². The number of H-pyrrole nitrogens is 1. The smallest absolute Gasteiger partial charge is 0.178 e. The van der Waals surface area contributed by atoms with Crippen LogP contribution < -0.4 is 9.47 Å². The number of para-hydroxylation sites is 1. The molecule has 0 spiro atoms. The summed E-state index contributed by atoms with van der Waals surface area (Å²) in [6.45, 7) is 1.93. The Morgan fingerprint density at radius 1 is 1.14 bits per heavy atom. The molecule has 1 N–H and O–H groups in total. The second-order valence-electron chi connectivity index (χ2n) is 4.55. The summed E-state index contributed by atoms with van der Waals surface area (Å²) in [5, 5.41) is 0. The topological polar surface area (TPSA) is 60.0 Å². The van der Waals surface area contributed by atoms with Crippen LogP contribution >= 0.6 is 15.9 Å². The normalized spacial score (nSPS) is 10.9. The molecule has 0 aliphatic rings. The van der Waals surface area contributed by atoms with Crippen molar-refractivity contribution in [3.63, 3.8) is 0 Å². The average Bonchev–Trinajstić information content (AvgIpc) is 2.89. The molecule has 0 radical (unpaired) electrons. The first-order valence-electron chi connectivity index (χ1n) is 6.38. The molecular weight excluding hydrogens is 334 g/mol. The van der Waals surface area contributed by atoms with Crippen molar-refractivity contribution in [3.05, 3.63) is 34.4 Å². The van der Waals surface area contributed by atoms with Crippen LogP contribution in [0, 0.1) is 6.92 Å². The van der Waals surface area contributed by atoms with Gasteiger partial charge in [-0.3, -0.25) is 0 Å². The van der Waals surface area contributed by atoms with Crippen LogP contribution in [0.4, 0.5) is 0 Å². The molecule has 0 aliphatic heterocycles. The van der Waals surface area contributed by atoms with E-state index in [4.69, 9.17) is 9.47 Å². The van der Waals surface area contributed by atoms with Crippen molar-refractivity contribution in [1.29, 1.82) is 0 Å². The summed E-state index contributed by atoms with van der Waals surface area (Å²) in [5.74, 6) is 2.02. The maximum atomic E-state index is 5.45.